The van der Waals surface area contributed by atoms with Gasteiger partial charge in [-0.2, -0.15) is 0 Å². The Morgan fingerprint density at radius 1 is 1.03 bits per heavy atom. The van der Waals surface area contributed by atoms with E-state index in [9.17, 15) is 4.79 Å². The van der Waals surface area contributed by atoms with Crippen molar-refractivity contribution in [3.05, 3.63) is 29.8 Å². The molecule has 1 aromatic rings. The van der Waals surface area contributed by atoms with Crippen LogP contribution in [-0.4, -0.2) is 53.0 Å². The topological polar surface area (TPSA) is 29.5 Å². The van der Waals surface area contributed by atoms with Gasteiger partial charge < -0.3 is 0 Å². The number of likely N-dealkylation sites (tertiary alicyclic amines) is 1. The zero-order valence-electron chi connectivity index (χ0n) is 18.7. The van der Waals surface area contributed by atoms with Crippen molar-refractivity contribution in [3.63, 3.8) is 0 Å². The predicted molar refractivity (Wildman–Crippen MR) is 135 cm³/mol. The molecule has 0 aromatic heterocycles. The van der Waals surface area contributed by atoms with Gasteiger partial charge in [0.25, 0.3) is 0 Å². The summed E-state index contributed by atoms with van der Waals surface area (Å²) in [5.41, 5.74) is 0.725. The number of carbonyl (C=O) groups excluding carboxylic acids is 1. The van der Waals surface area contributed by atoms with Crippen molar-refractivity contribution in [2.24, 2.45) is 0 Å². The quantitative estimate of drug-likeness (QED) is 0.0846. The minimum absolute atomic E-state index is 0.0499. The van der Waals surface area contributed by atoms with E-state index in [2.05, 4.69) is 72.5 Å². The fourth-order valence-electron chi connectivity index (χ4n) is 4.53. The summed E-state index contributed by atoms with van der Waals surface area (Å²) < 4.78 is 12.8. The molecule has 1 atom stereocenters. The summed E-state index contributed by atoms with van der Waals surface area (Å²) in [6, 6.07) is 8.72. The van der Waals surface area contributed by atoms with Crippen LogP contribution in [0.5, 0.6) is 0 Å². The Balaban J connectivity index is 2.12. The molecular weight excluding hydrogens is 580 g/mol. The number of hydrogen-bond donors (Lipinski definition) is 0. The fraction of sp³-hybridized carbons (Fsp3) is 0.708. The first-order valence-corrected chi connectivity index (χ1v) is 20.7. The van der Waals surface area contributed by atoms with E-state index in [1.165, 1.54) is 51.8 Å². The van der Waals surface area contributed by atoms with Gasteiger partial charge in [0.1, 0.15) is 0 Å². The van der Waals surface area contributed by atoms with Crippen LogP contribution in [0.4, 0.5) is 0 Å². The van der Waals surface area contributed by atoms with Crippen molar-refractivity contribution in [3.8, 4) is 0 Å². The molecule has 0 radical (unpaired) electrons. The number of carbonyl (C=O) groups is 1. The van der Waals surface area contributed by atoms with E-state index < -0.39 is 18.4 Å². The first-order valence-electron chi connectivity index (χ1n) is 11.7. The first kappa shape index (κ1) is 25.4. The fourth-order valence-corrected chi connectivity index (χ4v) is 21.1. The van der Waals surface area contributed by atoms with Crippen LogP contribution in [0, 0.1) is 0 Å². The van der Waals surface area contributed by atoms with Crippen molar-refractivity contribution in [2.45, 2.75) is 85.1 Å². The average molecular weight is 620 g/mol. The second kappa shape index (κ2) is 13.6. The number of esters is 1. The van der Waals surface area contributed by atoms with Crippen LogP contribution in [0.1, 0.15) is 76.1 Å². The number of benzene rings is 1. The molecule has 0 bridgehead atoms. The molecule has 1 unspecified atom stereocenters. The number of halogens is 1. The molecule has 1 heterocycles. The van der Waals surface area contributed by atoms with Crippen LogP contribution in [0.3, 0.4) is 0 Å². The summed E-state index contributed by atoms with van der Waals surface area (Å²) in [5.74, 6) is -0.145. The summed E-state index contributed by atoms with van der Waals surface area (Å²) in [5, 5.41) is 0. The third kappa shape index (κ3) is 7.67. The Bertz CT molecular complexity index is 586. The molecule has 0 spiro atoms. The maximum atomic E-state index is 12.6. The minimum atomic E-state index is -2.40. The van der Waals surface area contributed by atoms with Gasteiger partial charge in [0, 0.05) is 0 Å². The third-order valence-electron chi connectivity index (χ3n) is 6.43. The summed E-state index contributed by atoms with van der Waals surface area (Å²) in [4.78, 5) is 15.0. The molecule has 2 rings (SSSR count). The van der Waals surface area contributed by atoms with Crippen LogP contribution in [0.25, 0.3) is 0 Å². The zero-order chi connectivity index (χ0) is 21.1. The summed E-state index contributed by atoms with van der Waals surface area (Å²) in [6.07, 6.45) is 8.96. The molecule has 29 heavy (non-hydrogen) atoms. The standard InChI is InChI=1S/C12H13INO2.3C4H9.Sn/c13-9-14-7-6-11(8-14)16-12(15)10-4-2-1-3-5-10;3*1-3-4-2;/h2-5,11H,6-9H2;3*1,3-4H2,2H3;. The molecule has 164 valence electrons. The van der Waals surface area contributed by atoms with Gasteiger partial charge in [0.2, 0.25) is 0 Å². The third-order valence-corrected chi connectivity index (χ3v) is 23.1. The summed E-state index contributed by atoms with van der Waals surface area (Å²) in [7, 11) is 0. The second-order valence-corrected chi connectivity index (χ2v) is 22.6. The Morgan fingerprint density at radius 3 is 2.03 bits per heavy atom. The number of nitrogens with zero attached hydrogens (tertiary/aromatic N) is 1. The summed E-state index contributed by atoms with van der Waals surface area (Å²) >= 11 is -0.0290. The normalized spacial score (nSPS) is 17.6. The molecule has 1 saturated heterocycles. The molecule has 1 fully saturated rings. The molecule has 5 heteroatoms. The number of ether oxygens (including phenoxy) is 1. The van der Waals surface area contributed by atoms with Crippen LogP contribution in [0.2, 0.25) is 13.3 Å². The first-order chi connectivity index (χ1) is 14.1. The molecule has 0 aliphatic carbocycles. The molecule has 1 aliphatic heterocycles. The van der Waals surface area contributed by atoms with Crippen LogP contribution in [-0.2, 0) is 4.74 Å². The van der Waals surface area contributed by atoms with Crippen molar-refractivity contribution in [2.75, 3.05) is 17.6 Å². The monoisotopic (exact) mass is 621 g/mol. The number of rotatable bonds is 13. The van der Waals surface area contributed by atoms with Gasteiger partial charge >= 0.3 is 198 Å². The molecule has 0 amide bonds. The molecule has 1 aliphatic rings. The van der Waals surface area contributed by atoms with Crippen molar-refractivity contribution in [1.82, 2.24) is 4.90 Å². The second-order valence-electron chi connectivity index (χ2n) is 8.68. The molecule has 0 saturated carbocycles. The Morgan fingerprint density at radius 2 is 1.59 bits per heavy atom. The number of hydrogen-bond acceptors (Lipinski definition) is 3. The van der Waals surface area contributed by atoms with Crippen molar-refractivity contribution in [1.29, 1.82) is 0 Å². The van der Waals surface area contributed by atoms with Gasteiger partial charge in [0.15, 0.2) is 0 Å². The van der Waals surface area contributed by atoms with Crippen LogP contribution in [0.15, 0.2) is 24.3 Å². The molecule has 1 aromatic carbocycles. The van der Waals surface area contributed by atoms with Gasteiger partial charge in [-0.15, -0.1) is 0 Å². The average Bonchev–Trinajstić information content (AvgIpc) is 3.21. The molecule has 3 nitrogen and oxygen atoms in total. The predicted octanol–water partition coefficient (Wildman–Crippen LogP) is 6.37. The van der Waals surface area contributed by atoms with Gasteiger partial charge in [-0.25, -0.2) is 0 Å². The van der Waals surface area contributed by atoms with Gasteiger partial charge in [0.05, 0.1) is 0 Å². The molecule has 0 N–H and O–H groups in total. The van der Waals surface area contributed by atoms with Crippen molar-refractivity contribution < 1.29 is 9.53 Å². The van der Waals surface area contributed by atoms with Gasteiger partial charge in [-0.1, -0.05) is 0 Å². The summed E-state index contributed by atoms with van der Waals surface area (Å²) in [6.45, 7) is 8.85. The van der Waals surface area contributed by atoms with Crippen LogP contribution >= 0.6 is 22.6 Å². The van der Waals surface area contributed by atoms with E-state index >= 15 is 0 Å². The number of unbranched alkanes of at least 4 members (excludes halogenated alkanes) is 3. The Labute approximate surface area is 196 Å². The van der Waals surface area contributed by atoms with Gasteiger partial charge in [-0.05, 0) is 0 Å². The molecular formula is C24H40INO2Sn. The van der Waals surface area contributed by atoms with E-state index in [-0.39, 0.29) is 12.1 Å². The van der Waals surface area contributed by atoms with Crippen LogP contribution < -0.4 is 3.58 Å². The van der Waals surface area contributed by atoms with E-state index in [4.69, 9.17) is 4.74 Å². The van der Waals surface area contributed by atoms with Crippen molar-refractivity contribution >= 4 is 50.5 Å². The zero-order valence-corrected chi connectivity index (χ0v) is 23.7. The Hall–Kier alpha value is 0.179. The van der Waals surface area contributed by atoms with Gasteiger partial charge in [-0.3, -0.25) is 0 Å². The van der Waals surface area contributed by atoms with E-state index in [0.717, 1.165) is 29.6 Å². The van der Waals surface area contributed by atoms with E-state index in [1.54, 1.807) is 3.58 Å². The van der Waals surface area contributed by atoms with E-state index in [0.29, 0.717) is 0 Å². The van der Waals surface area contributed by atoms with E-state index in [1.807, 2.05) is 0 Å². The SMILES string of the molecule is CCC[CH2][Sn]([CH2]CCC)([CH2]CCC)[c]1ccc(C(=O)OC2CCN(CI)C2)cc1. The number of alkyl halides is 1. The Kier molecular flexibility index (Phi) is 11.9. The maximum absolute atomic E-state index is 12.6.